The van der Waals surface area contributed by atoms with Crippen molar-refractivity contribution in [1.82, 2.24) is 0 Å². The maximum Gasteiger partial charge on any atom is 1.00 e. The molecule has 0 saturated carbocycles. The van der Waals surface area contributed by atoms with E-state index in [-0.39, 0.29) is 51.4 Å². The van der Waals surface area contributed by atoms with Gasteiger partial charge in [-0.05, 0) is 5.38 Å². The molecule has 0 spiro atoms. The van der Waals surface area contributed by atoms with Gasteiger partial charge >= 0.3 is 58.4 Å². The maximum atomic E-state index is 11.9. The van der Waals surface area contributed by atoms with Crippen molar-refractivity contribution in [2.24, 2.45) is 0 Å². The van der Waals surface area contributed by atoms with Crippen LogP contribution in [0.15, 0.2) is 11.4 Å². The largest absolute Gasteiger partial charge is 1.00 e. The fourth-order valence-corrected chi connectivity index (χ4v) is 1.46. The number of alkyl halides is 2. The predicted molar refractivity (Wildman–Crippen MR) is 38.0 cm³/mol. The van der Waals surface area contributed by atoms with Gasteiger partial charge in [0.25, 0.3) is 6.43 Å². The first kappa shape index (κ1) is 14.1. The van der Waals surface area contributed by atoms with Gasteiger partial charge in [-0.1, -0.05) is 11.5 Å². The molecular weight excluding hydrogens is 237 g/mol. The van der Waals surface area contributed by atoms with Gasteiger partial charge in [0, 0.05) is 0 Å². The van der Waals surface area contributed by atoms with Gasteiger partial charge in [0.2, 0.25) is 0 Å². The SMILES string of the molecule is FC(F)c1cc([B-](F)(F)F)cs1.[K+]. The van der Waals surface area contributed by atoms with Crippen molar-refractivity contribution in [1.29, 1.82) is 0 Å². The minimum absolute atomic E-state index is 0. The Hall–Kier alpha value is 1.05. The van der Waals surface area contributed by atoms with E-state index in [9.17, 15) is 21.7 Å². The predicted octanol–water partition coefficient (Wildman–Crippen LogP) is -0.256. The Morgan fingerprint density at radius 1 is 1.23 bits per heavy atom. The maximum absolute atomic E-state index is 11.9. The summed E-state index contributed by atoms with van der Waals surface area (Å²) in [4.78, 5) is -0.538. The fraction of sp³-hybridized carbons (Fsp3) is 0.200. The van der Waals surface area contributed by atoms with Gasteiger partial charge in [0.15, 0.2) is 0 Å². The zero-order valence-corrected chi connectivity index (χ0v) is 10.5. The molecule has 0 unspecified atom stereocenters. The van der Waals surface area contributed by atoms with E-state index in [0.717, 1.165) is 0 Å². The van der Waals surface area contributed by atoms with Crippen LogP contribution in [0.3, 0.4) is 0 Å². The molecule has 0 aliphatic rings. The Bertz CT molecular complexity index is 270. The molecule has 1 aromatic rings. The molecule has 0 saturated heterocycles. The molecule has 0 amide bonds. The normalized spacial score (nSPS) is 11.5. The van der Waals surface area contributed by atoms with E-state index in [4.69, 9.17) is 0 Å². The van der Waals surface area contributed by atoms with Crippen molar-refractivity contribution >= 4 is 23.8 Å². The van der Waals surface area contributed by atoms with Crippen LogP contribution in [0.1, 0.15) is 11.3 Å². The van der Waals surface area contributed by atoms with Gasteiger partial charge < -0.3 is 12.9 Å². The molecular formula is C5H3BF5KS. The van der Waals surface area contributed by atoms with Crippen LogP contribution < -0.4 is 56.8 Å². The molecule has 0 aliphatic heterocycles. The second-order valence-electron chi connectivity index (χ2n) is 2.16. The van der Waals surface area contributed by atoms with Crippen LogP contribution in [-0.2, 0) is 0 Å². The average Bonchev–Trinajstić information content (AvgIpc) is 2.30. The fourth-order valence-electron chi connectivity index (χ4n) is 0.654. The van der Waals surface area contributed by atoms with Crippen molar-refractivity contribution < 1.29 is 73.1 Å². The summed E-state index contributed by atoms with van der Waals surface area (Å²) in [6, 6.07) is 0.495. The van der Waals surface area contributed by atoms with Gasteiger partial charge in [-0.25, -0.2) is 8.78 Å². The first-order chi connectivity index (χ1) is 5.41. The molecule has 68 valence electrons. The van der Waals surface area contributed by atoms with Crippen LogP contribution >= 0.6 is 11.3 Å². The number of hydrogen-bond acceptors (Lipinski definition) is 1. The minimum atomic E-state index is -5.13. The van der Waals surface area contributed by atoms with Crippen molar-refractivity contribution in [2.45, 2.75) is 6.43 Å². The summed E-state index contributed by atoms with van der Waals surface area (Å²) < 4.78 is 59.3. The molecule has 0 bridgehead atoms. The van der Waals surface area contributed by atoms with Crippen molar-refractivity contribution in [2.75, 3.05) is 0 Å². The van der Waals surface area contributed by atoms with Crippen LogP contribution in [0, 0.1) is 0 Å². The van der Waals surface area contributed by atoms with E-state index in [1.54, 1.807) is 0 Å². The van der Waals surface area contributed by atoms with E-state index in [2.05, 4.69) is 0 Å². The summed E-state index contributed by atoms with van der Waals surface area (Å²) in [5.41, 5.74) is -0.949. The second-order valence-corrected chi connectivity index (χ2v) is 3.10. The van der Waals surface area contributed by atoms with Crippen molar-refractivity contribution in [3.05, 3.63) is 16.3 Å². The molecule has 0 atom stereocenters. The second kappa shape index (κ2) is 5.22. The molecule has 1 heterocycles. The number of hydrogen-bond donors (Lipinski definition) is 0. The van der Waals surface area contributed by atoms with E-state index in [1.807, 2.05) is 0 Å². The number of rotatable bonds is 2. The van der Waals surface area contributed by atoms with Crippen molar-refractivity contribution in [3.63, 3.8) is 0 Å². The molecule has 13 heavy (non-hydrogen) atoms. The van der Waals surface area contributed by atoms with Gasteiger partial charge in [-0.3, -0.25) is 0 Å². The Balaban J connectivity index is 0.00000144. The third-order valence-corrected chi connectivity index (χ3v) is 2.19. The van der Waals surface area contributed by atoms with Gasteiger partial charge in [-0.15, -0.1) is 11.3 Å². The summed E-state index contributed by atoms with van der Waals surface area (Å²) >= 11 is 0.430. The summed E-state index contributed by atoms with van der Waals surface area (Å²) in [6.07, 6.45) is -2.82. The minimum Gasteiger partial charge on any atom is -0.445 e. The summed E-state index contributed by atoms with van der Waals surface area (Å²) in [5, 5.41) is 0.710. The van der Waals surface area contributed by atoms with E-state index in [1.165, 1.54) is 0 Å². The van der Waals surface area contributed by atoms with Crippen molar-refractivity contribution in [3.8, 4) is 0 Å². The Labute approximate surface area is 118 Å². The van der Waals surface area contributed by atoms with Gasteiger partial charge in [0.1, 0.15) is 0 Å². The van der Waals surface area contributed by atoms with E-state index >= 15 is 0 Å². The zero-order valence-electron chi connectivity index (χ0n) is 6.61. The molecule has 0 aliphatic carbocycles. The topological polar surface area (TPSA) is 0 Å². The van der Waals surface area contributed by atoms with E-state index in [0.29, 0.717) is 22.8 Å². The summed E-state index contributed by atoms with van der Waals surface area (Å²) in [5.74, 6) is 0. The Morgan fingerprint density at radius 2 is 1.77 bits per heavy atom. The molecule has 1 aromatic heterocycles. The quantitative estimate of drug-likeness (QED) is 0.493. The molecule has 0 aromatic carbocycles. The zero-order chi connectivity index (χ0) is 9.35. The number of thiophene rings is 1. The standard InChI is InChI=1S/C5H3BF5S.K/c7-5(8)4-1-3(2-12-4)6(9,10)11;/h1-2,5H;/q-1;+1. The Kier molecular flexibility index (Phi) is 5.64. The molecule has 8 heteroatoms. The monoisotopic (exact) mass is 240 g/mol. The first-order valence-corrected chi connectivity index (χ1v) is 3.85. The van der Waals surface area contributed by atoms with Crippen LogP contribution in [-0.4, -0.2) is 6.98 Å². The number of halogens is 5. The van der Waals surface area contributed by atoms with Crippen LogP contribution in [0.5, 0.6) is 0 Å². The average molecular weight is 240 g/mol. The molecule has 1 rings (SSSR count). The van der Waals surface area contributed by atoms with Crippen LogP contribution in [0.2, 0.25) is 0 Å². The van der Waals surface area contributed by atoms with Gasteiger partial charge in [0.05, 0.1) is 4.88 Å². The van der Waals surface area contributed by atoms with Crippen LogP contribution in [0.25, 0.3) is 0 Å². The summed E-state index contributed by atoms with van der Waals surface area (Å²) in [7, 11) is 0. The van der Waals surface area contributed by atoms with Gasteiger partial charge in [-0.2, -0.15) is 0 Å². The third kappa shape index (κ3) is 3.96. The Morgan fingerprint density at radius 3 is 2.00 bits per heavy atom. The molecule has 0 N–H and O–H groups in total. The van der Waals surface area contributed by atoms with E-state index < -0.39 is 23.7 Å². The molecule has 0 nitrogen and oxygen atoms in total. The third-order valence-electron chi connectivity index (χ3n) is 1.23. The van der Waals surface area contributed by atoms with Crippen LogP contribution in [0.4, 0.5) is 21.7 Å². The molecule has 0 radical (unpaired) electrons. The summed E-state index contributed by atoms with van der Waals surface area (Å²) in [6.45, 7) is -5.13. The smallest absolute Gasteiger partial charge is 0.445 e. The first-order valence-electron chi connectivity index (χ1n) is 2.97. The molecule has 0 fully saturated rings.